The standard InChI is InChI=1S/C14H20N2O2/c1-15-7-9-16(10-8-15)13-5-3-12(4-6-13)11-14(17)18-2/h3-6H,7-11H2,1-2H3. The average Bonchev–Trinajstić information content (AvgIpc) is 2.40. The molecule has 0 saturated carbocycles. The summed E-state index contributed by atoms with van der Waals surface area (Å²) in [4.78, 5) is 15.9. The predicted octanol–water partition coefficient (Wildman–Crippen LogP) is 1.15. The van der Waals surface area contributed by atoms with Crippen LogP contribution < -0.4 is 4.90 Å². The van der Waals surface area contributed by atoms with Crippen LogP contribution in [0.5, 0.6) is 0 Å². The van der Waals surface area contributed by atoms with Crippen molar-refractivity contribution in [2.45, 2.75) is 6.42 Å². The molecule has 0 atom stereocenters. The van der Waals surface area contributed by atoms with Crippen molar-refractivity contribution in [1.29, 1.82) is 0 Å². The molecule has 1 aromatic carbocycles. The minimum absolute atomic E-state index is 0.192. The maximum atomic E-state index is 11.2. The second-order valence-electron chi connectivity index (χ2n) is 4.71. The molecule has 1 heterocycles. The maximum absolute atomic E-state index is 11.2. The lowest BCUT2D eigenvalue weighted by Crippen LogP contribution is -2.44. The lowest BCUT2D eigenvalue weighted by atomic mass is 10.1. The summed E-state index contributed by atoms with van der Waals surface area (Å²) in [5.41, 5.74) is 2.23. The van der Waals surface area contributed by atoms with E-state index < -0.39 is 0 Å². The minimum Gasteiger partial charge on any atom is -0.469 e. The summed E-state index contributed by atoms with van der Waals surface area (Å²) in [7, 11) is 3.57. The van der Waals surface area contributed by atoms with Crippen molar-refractivity contribution in [3.05, 3.63) is 29.8 Å². The number of ether oxygens (including phenoxy) is 1. The molecule has 0 radical (unpaired) electrons. The van der Waals surface area contributed by atoms with Crippen LogP contribution in [-0.2, 0) is 16.0 Å². The molecule has 2 rings (SSSR count). The third-order valence-corrected chi connectivity index (χ3v) is 3.38. The van der Waals surface area contributed by atoms with E-state index in [0.717, 1.165) is 31.7 Å². The number of nitrogens with zero attached hydrogens (tertiary/aromatic N) is 2. The predicted molar refractivity (Wildman–Crippen MR) is 71.9 cm³/mol. The molecule has 0 unspecified atom stereocenters. The third kappa shape index (κ3) is 3.23. The van der Waals surface area contributed by atoms with E-state index in [2.05, 4.69) is 33.7 Å². The van der Waals surface area contributed by atoms with Crippen LogP contribution in [0.3, 0.4) is 0 Å². The first kappa shape index (κ1) is 12.9. The number of hydrogen-bond acceptors (Lipinski definition) is 4. The van der Waals surface area contributed by atoms with Crippen LogP contribution in [-0.4, -0.2) is 51.2 Å². The zero-order chi connectivity index (χ0) is 13.0. The van der Waals surface area contributed by atoms with Crippen molar-refractivity contribution < 1.29 is 9.53 Å². The van der Waals surface area contributed by atoms with Gasteiger partial charge in [-0.05, 0) is 24.7 Å². The van der Waals surface area contributed by atoms with Crippen molar-refractivity contribution in [2.75, 3.05) is 45.2 Å². The van der Waals surface area contributed by atoms with Gasteiger partial charge in [-0.3, -0.25) is 4.79 Å². The van der Waals surface area contributed by atoms with Crippen molar-refractivity contribution in [3.63, 3.8) is 0 Å². The number of piperazine rings is 1. The summed E-state index contributed by atoms with van der Waals surface area (Å²) in [5.74, 6) is -0.192. The van der Waals surface area contributed by atoms with E-state index in [1.807, 2.05) is 12.1 Å². The molecule has 0 bridgehead atoms. The molecular weight excluding hydrogens is 228 g/mol. The maximum Gasteiger partial charge on any atom is 0.309 e. The molecule has 1 aliphatic heterocycles. The Morgan fingerprint density at radius 1 is 1.17 bits per heavy atom. The molecule has 1 fully saturated rings. The quantitative estimate of drug-likeness (QED) is 0.751. The molecule has 0 aliphatic carbocycles. The Morgan fingerprint density at radius 3 is 2.33 bits per heavy atom. The number of benzene rings is 1. The van der Waals surface area contributed by atoms with Gasteiger partial charge in [-0.2, -0.15) is 0 Å². The Labute approximate surface area is 108 Å². The summed E-state index contributed by atoms with van der Waals surface area (Å²) in [6, 6.07) is 8.18. The van der Waals surface area contributed by atoms with Gasteiger partial charge in [0.1, 0.15) is 0 Å². The highest BCUT2D eigenvalue weighted by atomic mass is 16.5. The lowest BCUT2D eigenvalue weighted by Gasteiger charge is -2.34. The number of carbonyl (C=O) groups is 1. The lowest BCUT2D eigenvalue weighted by molar-refractivity contribution is -0.139. The fourth-order valence-corrected chi connectivity index (χ4v) is 2.13. The normalized spacial score (nSPS) is 16.7. The van der Waals surface area contributed by atoms with Crippen LogP contribution in [0.4, 0.5) is 5.69 Å². The number of rotatable bonds is 3. The van der Waals surface area contributed by atoms with Gasteiger partial charge in [0, 0.05) is 31.9 Å². The molecule has 1 aliphatic rings. The molecule has 18 heavy (non-hydrogen) atoms. The Morgan fingerprint density at radius 2 is 1.78 bits per heavy atom. The molecule has 4 heteroatoms. The number of carbonyl (C=O) groups excluding carboxylic acids is 1. The molecule has 0 aromatic heterocycles. The smallest absolute Gasteiger partial charge is 0.309 e. The third-order valence-electron chi connectivity index (χ3n) is 3.38. The molecule has 98 valence electrons. The van der Waals surface area contributed by atoms with Crippen LogP contribution in [0.15, 0.2) is 24.3 Å². The Hall–Kier alpha value is -1.55. The van der Waals surface area contributed by atoms with E-state index in [9.17, 15) is 4.79 Å². The van der Waals surface area contributed by atoms with Crippen molar-refractivity contribution in [1.82, 2.24) is 4.90 Å². The highest BCUT2D eigenvalue weighted by Crippen LogP contribution is 2.17. The van der Waals surface area contributed by atoms with Gasteiger partial charge in [0.25, 0.3) is 0 Å². The van der Waals surface area contributed by atoms with E-state index in [-0.39, 0.29) is 5.97 Å². The highest BCUT2D eigenvalue weighted by molar-refractivity contribution is 5.72. The van der Waals surface area contributed by atoms with Crippen molar-refractivity contribution in [3.8, 4) is 0 Å². The molecule has 4 nitrogen and oxygen atoms in total. The molecular formula is C14H20N2O2. The monoisotopic (exact) mass is 248 g/mol. The number of anilines is 1. The van der Waals surface area contributed by atoms with Gasteiger partial charge in [0.15, 0.2) is 0 Å². The summed E-state index contributed by atoms with van der Waals surface area (Å²) in [5, 5.41) is 0. The van der Waals surface area contributed by atoms with Crippen LogP contribution in [0.1, 0.15) is 5.56 Å². The van der Waals surface area contributed by atoms with Crippen LogP contribution in [0.25, 0.3) is 0 Å². The highest BCUT2D eigenvalue weighted by Gasteiger charge is 2.14. The molecule has 0 spiro atoms. The van der Waals surface area contributed by atoms with Gasteiger partial charge < -0.3 is 14.5 Å². The Bertz CT molecular complexity index is 395. The topological polar surface area (TPSA) is 32.8 Å². The van der Waals surface area contributed by atoms with E-state index >= 15 is 0 Å². The van der Waals surface area contributed by atoms with Crippen LogP contribution >= 0.6 is 0 Å². The number of esters is 1. The first-order valence-corrected chi connectivity index (χ1v) is 6.28. The van der Waals surface area contributed by atoms with E-state index in [1.165, 1.54) is 12.8 Å². The van der Waals surface area contributed by atoms with Crippen LogP contribution in [0.2, 0.25) is 0 Å². The zero-order valence-electron chi connectivity index (χ0n) is 11.1. The molecule has 1 aromatic rings. The molecule has 0 N–H and O–H groups in total. The van der Waals surface area contributed by atoms with Gasteiger partial charge in [0.2, 0.25) is 0 Å². The first-order valence-electron chi connectivity index (χ1n) is 6.28. The number of methoxy groups -OCH3 is 1. The van der Waals surface area contributed by atoms with Gasteiger partial charge in [-0.15, -0.1) is 0 Å². The van der Waals surface area contributed by atoms with Gasteiger partial charge in [-0.25, -0.2) is 0 Å². The second kappa shape index (κ2) is 5.87. The van der Waals surface area contributed by atoms with E-state index in [1.54, 1.807) is 0 Å². The average molecular weight is 248 g/mol. The largest absolute Gasteiger partial charge is 0.469 e. The zero-order valence-corrected chi connectivity index (χ0v) is 11.1. The van der Waals surface area contributed by atoms with Gasteiger partial charge >= 0.3 is 5.97 Å². The summed E-state index contributed by atoms with van der Waals surface area (Å²) in [6.45, 7) is 4.33. The van der Waals surface area contributed by atoms with E-state index in [0.29, 0.717) is 6.42 Å². The number of likely N-dealkylation sites (N-methyl/N-ethyl adjacent to an activating group) is 1. The molecule has 0 amide bonds. The summed E-state index contributed by atoms with van der Waals surface area (Å²) >= 11 is 0. The summed E-state index contributed by atoms with van der Waals surface area (Å²) < 4.78 is 4.66. The summed E-state index contributed by atoms with van der Waals surface area (Å²) in [6.07, 6.45) is 0.347. The Balaban J connectivity index is 1.97. The SMILES string of the molecule is COC(=O)Cc1ccc(N2CCN(C)CC2)cc1. The van der Waals surface area contributed by atoms with E-state index in [4.69, 9.17) is 0 Å². The first-order chi connectivity index (χ1) is 8.69. The van der Waals surface area contributed by atoms with Crippen molar-refractivity contribution in [2.24, 2.45) is 0 Å². The van der Waals surface area contributed by atoms with Crippen LogP contribution in [0, 0.1) is 0 Å². The Kier molecular flexibility index (Phi) is 4.20. The number of hydrogen-bond donors (Lipinski definition) is 0. The fraction of sp³-hybridized carbons (Fsp3) is 0.500. The molecule has 1 saturated heterocycles. The fourth-order valence-electron chi connectivity index (χ4n) is 2.13. The van der Waals surface area contributed by atoms with Gasteiger partial charge in [0.05, 0.1) is 13.5 Å². The second-order valence-corrected chi connectivity index (χ2v) is 4.71. The van der Waals surface area contributed by atoms with Gasteiger partial charge in [-0.1, -0.05) is 12.1 Å². The minimum atomic E-state index is -0.192. The van der Waals surface area contributed by atoms with Crippen molar-refractivity contribution >= 4 is 11.7 Å².